The van der Waals surface area contributed by atoms with Crippen molar-refractivity contribution in [2.45, 2.75) is 49.7 Å². The lowest BCUT2D eigenvalue weighted by atomic mass is 10.1. The van der Waals surface area contributed by atoms with Crippen LogP contribution in [0, 0.1) is 0 Å². The number of thioether (sulfide) groups is 1. The Bertz CT molecular complexity index is 1240. The van der Waals surface area contributed by atoms with Gasteiger partial charge in [0.1, 0.15) is 5.82 Å². The Morgan fingerprint density at radius 2 is 2.09 bits per heavy atom. The lowest BCUT2D eigenvalue weighted by molar-refractivity contribution is 0.0953. The number of rotatable bonds is 9. The molecule has 3 N–H and O–H groups in total. The summed E-state index contributed by atoms with van der Waals surface area (Å²) in [4.78, 5) is 14.3. The topological polar surface area (TPSA) is 117 Å². The summed E-state index contributed by atoms with van der Waals surface area (Å²) in [5, 5.41) is 15.1. The fourth-order valence-corrected chi connectivity index (χ4v) is 5.42. The lowest BCUT2D eigenvalue weighted by Crippen LogP contribution is -2.16. The molecular formula is C23H26N8OS2. The van der Waals surface area contributed by atoms with Gasteiger partial charge in [-0.3, -0.25) is 4.57 Å². The zero-order chi connectivity index (χ0) is 23.3. The zero-order valence-corrected chi connectivity index (χ0v) is 20.5. The number of anilines is 3. The third-order valence-corrected chi connectivity index (χ3v) is 7.37. The predicted molar refractivity (Wildman–Crippen MR) is 135 cm³/mol. The van der Waals surface area contributed by atoms with E-state index in [2.05, 4.69) is 54.1 Å². The van der Waals surface area contributed by atoms with Crippen molar-refractivity contribution < 1.29 is 4.74 Å². The van der Waals surface area contributed by atoms with E-state index in [0.717, 1.165) is 54.0 Å². The van der Waals surface area contributed by atoms with E-state index in [1.54, 1.807) is 11.3 Å². The van der Waals surface area contributed by atoms with Gasteiger partial charge >= 0.3 is 0 Å². The van der Waals surface area contributed by atoms with Crippen molar-refractivity contribution in [2.75, 3.05) is 17.7 Å². The highest BCUT2D eigenvalue weighted by molar-refractivity contribution is 7.98. The highest BCUT2D eigenvalue weighted by Gasteiger charge is 2.22. The molecule has 176 valence electrons. The normalized spacial score (nSPS) is 15.6. The third-order valence-electron chi connectivity index (χ3n) is 5.54. The number of nitrogens with zero attached hydrogens (tertiary/aromatic N) is 6. The molecule has 4 aromatic rings. The number of hydrogen-bond acceptors (Lipinski definition) is 10. The third kappa shape index (κ3) is 5.21. The summed E-state index contributed by atoms with van der Waals surface area (Å²) in [7, 11) is 0. The van der Waals surface area contributed by atoms with Gasteiger partial charge in [-0.15, -0.1) is 21.5 Å². The SMILES string of the molecule is CCc1ccccc1Nc1nc(N)nc(CSc2nnc(-c3cccs3)n2C[C@@H]2CCCO2)n1. The fraction of sp³-hybridized carbons (Fsp3) is 0.348. The average Bonchev–Trinajstić information content (AvgIpc) is 3.61. The predicted octanol–water partition coefficient (Wildman–Crippen LogP) is 4.55. The molecule has 1 aliphatic rings. The van der Waals surface area contributed by atoms with Crippen LogP contribution in [0.1, 0.15) is 31.2 Å². The first-order valence-electron chi connectivity index (χ1n) is 11.3. The molecule has 1 aromatic carbocycles. The van der Waals surface area contributed by atoms with Crippen molar-refractivity contribution >= 4 is 40.7 Å². The van der Waals surface area contributed by atoms with Crippen LogP contribution >= 0.6 is 23.1 Å². The van der Waals surface area contributed by atoms with Crippen molar-refractivity contribution in [3.8, 4) is 10.7 Å². The number of nitrogens with one attached hydrogen (secondary N) is 1. The van der Waals surface area contributed by atoms with Crippen molar-refractivity contribution in [3.63, 3.8) is 0 Å². The molecule has 0 spiro atoms. The van der Waals surface area contributed by atoms with E-state index >= 15 is 0 Å². The van der Waals surface area contributed by atoms with Crippen LogP contribution < -0.4 is 11.1 Å². The molecule has 1 fully saturated rings. The standard InChI is InChI=1S/C23H26N8OS2/c1-2-15-7-3-4-9-17(15)25-22-27-19(26-21(24)28-22)14-34-23-30-29-20(18-10-6-12-33-18)31(23)13-16-8-5-11-32-16/h3-4,6-7,9-10,12,16H,2,5,8,11,13-14H2,1H3,(H3,24,25,26,27,28)/t16-/m0/s1. The number of benzene rings is 1. The first-order valence-corrected chi connectivity index (χ1v) is 13.1. The van der Waals surface area contributed by atoms with Gasteiger partial charge in [0.05, 0.1) is 23.3 Å². The number of nitrogens with two attached hydrogens (primary N) is 1. The van der Waals surface area contributed by atoms with Gasteiger partial charge < -0.3 is 15.8 Å². The fourth-order valence-electron chi connectivity index (χ4n) is 3.90. The molecule has 0 amide bonds. The van der Waals surface area contributed by atoms with Gasteiger partial charge in [-0.25, -0.2) is 0 Å². The van der Waals surface area contributed by atoms with Crippen molar-refractivity contribution in [2.24, 2.45) is 0 Å². The lowest BCUT2D eigenvalue weighted by Gasteiger charge is -2.14. The number of aromatic nitrogens is 6. The molecule has 0 bridgehead atoms. The second-order valence-electron chi connectivity index (χ2n) is 7.89. The van der Waals surface area contributed by atoms with Crippen molar-refractivity contribution in [3.05, 3.63) is 53.2 Å². The molecule has 3 aromatic heterocycles. The monoisotopic (exact) mass is 494 g/mol. The van der Waals surface area contributed by atoms with E-state index in [1.165, 1.54) is 17.3 Å². The van der Waals surface area contributed by atoms with Crippen LogP contribution in [0.5, 0.6) is 0 Å². The Balaban J connectivity index is 1.35. The zero-order valence-electron chi connectivity index (χ0n) is 18.8. The van der Waals surface area contributed by atoms with Gasteiger partial charge in [0.2, 0.25) is 11.9 Å². The molecule has 1 saturated heterocycles. The quantitative estimate of drug-likeness (QED) is 0.323. The summed E-state index contributed by atoms with van der Waals surface area (Å²) in [5.41, 5.74) is 8.15. The molecular weight excluding hydrogens is 468 g/mol. The van der Waals surface area contributed by atoms with Gasteiger partial charge in [-0.05, 0) is 42.3 Å². The first kappa shape index (κ1) is 22.8. The number of hydrogen-bond donors (Lipinski definition) is 2. The first-order chi connectivity index (χ1) is 16.7. The smallest absolute Gasteiger partial charge is 0.232 e. The van der Waals surface area contributed by atoms with Gasteiger partial charge in [-0.2, -0.15) is 15.0 Å². The minimum atomic E-state index is 0.177. The van der Waals surface area contributed by atoms with Crippen LogP contribution in [0.15, 0.2) is 46.9 Å². The van der Waals surface area contributed by atoms with E-state index < -0.39 is 0 Å². The van der Waals surface area contributed by atoms with E-state index in [-0.39, 0.29) is 12.1 Å². The second kappa shape index (κ2) is 10.5. The molecule has 0 aliphatic carbocycles. The largest absolute Gasteiger partial charge is 0.376 e. The van der Waals surface area contributed by atoms with E-state index in [4.69, 9.17) is 10.5 Å². The maximum absolute atomic E-state index is 6.00. The van der Waals surface area contributed by atoms with Crippen LogP contribution in [-0.2, 0) is 23.5 Å². The van der Waals surface area contributed by atoms with Crippen LogP contribution in [0.3, 0.4) is 0 Å². The average molecular weight is 495 g/mol. The van der Waals surface area contributed by atoms with Crippen molar-refractivity contribution in [1.82, 2.24) is 29.7 Å². The molecule has 0 unspecified atom stereocenters. The molecule has 0 radical (unpaired) electrons. The molecule has 1 aliphatic heterocycles. The minimum Gasteiger partial charge on any atom is -0.376 e. The summed E-state index contributed by atoms with van der Waals surface area (Å²) in [6.07, 6.45) is 3.21. The maximum atomic E-state index is 6.00. The molecule has 0 saturated carbocycles. The number of thiophene rings is 1. The minimum absolute atomic E-state index is 0.177. The van der Waals surface area contributed by atoms with Crippen LogP contribution in [-0.4, -0.2) is 42.4 Å². The summed E-state index contributed by atoms with van der Waals surface area (Å²) in [6, 6.07) is 12.2. The second-order valence-corrected chi connectivity index (χ2v) is 9.78. The Morgan fingerprint density at radius 1 is 1.18 bits per heavy atom. The summed E-state index contributed by atoms with van der Waals surface area (Å²) < 4.78 is 8.03. The van der Waals surface area contributed by atoms with Gasteiger partial charge in [0.25, 0.3) is 0 Å². The molecule has 1 atom stereocenters. The van der Waals surface area contributed by atoms with E-state index in [9.17, 15) is 0 Å². The maximum Gasteiger partial charge on any atom is 0.232 e. The van der Waals surface area contributed by atoms with Crippen LogP contribution in [0.4, 0.5) is 17.6 Å². The van der Waals surface area contributed by atoms with Gasteiger partial charge in [-0.1, -0.05) is 43.0 Å². The Kier molecular flexibility index (Phi) is 7.02. The summed E-state index contributed by atoms with van der Waals surface area (Å²) in [6.45, 7) is 3.65. The van der Waals surface area contributed by atoms with Gasteiger partial charge in [0, 0.05) is 12.3 Å². The van der Waals surface area contributed by atoms with Crippen molar-refractivity contribution in [1.29, 1.82) is 0 Å². The Labute approximate surface area is 206 Å². The van der Waals surface area contributed by atoms with Crippen LogP contribution in [0.25, 0.3) is 10.7 Å². The highest BCUT2D eigenvalue weighted by Crippen LogP contribution is 2.30. The number of ether oxygens (including phenoxy) is 1. The molecule has 9 nitrogen and oxygen atoms in total. The Hall–Kier alpha value is -3.02. The highest BCUT2D eigenvalue weighted by atomic mass is 32.2. The molecule has 34 heavy (non-hydrogen) atoms. The van der Waals surface area contributed by atoms with Crippen LogP contribution in [0.2, 0.25) is 0 Å². The molecule has 11 heteroatoms. The number of nitrogen functional groups attached to an aromatic ring is 1. The molecule has 5 rings (SSSR count). The number of para-hydroxylation sites is 1. The van der Waals surface area contributed by atoms with Gasteiger partial charge in [0.15, 0.2) is 11.0 Å². The number of aryl methyl sites for hydroxylation is 1. The summed E-state index contributed by atoms with van der Waals surface area (Å²) >= 11 is 3.19. The Morgan fingerprint density at radius 3 is 2.88 bits per heavy atom. The van der Waals surface area contributed by atoms with E-state index in [1.807, 2.05) is 29.6 Å². The summed E-state index contributed by atoms with van der Waals surface area (Å²) in [5.74, 6) is 2.55. The van der Waals surface area contributed by atoms with E-state index in [0.29, 0.717) is 17.5 Å². The molecule has 4 heterocycles.